The van der Waals surface area contributed by atoms with Gasteiger partial charge < -0.3 is 5.11 Å². The number of aliphatic hydroxyl groups excluding tert-OH is 1. The summed E-state index contributed by atoms with van der Waals surface area (Å²) in [5, 5.41) is 16.9. The molecule has 5 nitrogen and oxygen atoms in total. The van der Waals surface area contributed by atoms with Crippen molar-refractivity contribution in [3.63, 3.8) is 0 Å². The van der Waals surface area contributed by atoms with Crippen LogP contribution < -0.4 is 0 Å². The SMILES string of the molecule is CC(C)CCc1c(C=O)nnn1C(C)CCCO. The van der Waals surface area contributed by atoms with Gasteiger partial charge in [-0.1, -0.05) is 19.1 Å². The first-order valence-electron chi connectivity index (χ1n) is 6.60. The molecule has 1 aromatic heterocycles. The van der Waals surface area contributed by atoms with Crippen molar-refractivity contribution in [3.8, 4) is 0 Å². The van der Waals surface area contributed by atoms with E-state index in [4.69, 9.17) is 5.11 Å². The molecule has 0 spiro atoms. The lowest BCUT2D eigenvalue weighted by Gasteiger charge is -2.15. The van der Waals surface area contributed by atoms with E-state index in [1.807, 2.05) is 11.6 Å². The number of carbonyl (C=O) groups excluding carboxylic acids is 1. The maximum absolute atomic E-state index is 11.0. The van der Waals surface area contributed by atoms with Gasteiger partial charge in [-0.05, 0) is 38.5 Å². The minimum Gasteiger partial charge on any atom is -0.396 e. The molecule has 0 amide bonds. The number of carbonyl (C=O) groups is 1. The van der Waals surface area contributed by atoms with E-state index in [-0.39, 0.29) is 12.6 Å². The van der Waals surface area contributed by atoms with Gasteiger partial charge in [0.2, 0.25) is 0 Å². The van der Waals surface area contributed by atoms with Gasteiger partial charge in [0.25, 0.3) is 0 Å². The summed E-state index contributed by atoms with van der Waals surface area (Å²) in [6, 6.07) is 0.167. The molecule has 1 rings (SSSR count). The zero-order valence-corrected chi connectivity index (χ0v) is 11.5. The highest BCUT2D eigenvalue weighted by atomic mass is 16.2. The third-order valence-electron chi connectivity index (χ3n) is 3.09. The van der Waals surface area contributed by atoms with E-state index in [2.05, 4.69) is 24.2 Å². The maximum Gasteiger partial charge on any atom is 0.172 e. The van der Waals surface area contributed by atoms with Crippen LogP contribution in [0, 0.1) is 5.92 Å². The molecule has 0 bridgehead atoms. The quantitative estimate of drug-likeness (QED) is 0.720. The first kappa shape index (κ1) is 14.8. The highest BCUT2D eigenvalue weighted by Crippen LogP contribution is 2.18. The number of nitrogens with zero attached hydrogens (tertiary/aromatic N) is 3. The fourth-order valence-electron chi connectivity index (χ4n) is 1.95. The minimum atomic E-state index is 0.167. The van der Waals surface area contributed by atoms with Gasteiger partial charge in [0.1, 0.15) is 5.69 Å². The number of rotatable bonds is 8. The molecule has 5 heteroatoms. The zero-order chi connectivity index (χ0) is 13.5. The van der Waals surface area contributed by atoms with Crippen LogP contribution in [0.1, 0.15) is 62.3 Å². The van der Waals surface area contributed by atoms with Crippen LogP contribution in [0.5, 0.6) is 0 Å². The highest BCUT2D eigenvalue weighted by molar-refractivity contribution is 5.73. The number of aromatic nitrogens is 3. The Hall–Kier alpha value is -1.23. The molecule has 102 valence electrons. The van der Waals surface area contributed by atoms with Crippen LogP contribution in [0.3, 0.4) is 0 Å². The molecule has 18 heavy (non-hydrogen) atoms. The minimum absolute atomic E-state index is 0.167. The normalized spacial score (nSPS) is 12.9. The fourth-order valence-corrected chi connectivity index (χ4v) is 1.95. The smallest absolute Gasteiger partial charge is 0.172 e. The Labute approximate surface area is 108 Å². The Balaban J connectivity index is 2.82. The van der Waals surface area contributed by atoms with Gasteiger partial charge in [0, 0.05) is 6.61 Å². The van der Waals surface area contributed by atoms with E-state index in [9.17, 15) is 4.79 Å². The summed E-state index contributed by atoms with van der Waals surface area (Å²) >= 11 is 0. The molecule has 0 aliphatic carbocycles. The van der Waals surface area contributed by atoms with Crippen LogP contribution in [0.15, 0.2) is 0 Å². The molecule has 0 radical (unpaired) electrons. The van der Waals surface area contributed by atoms with Crippen LogP contribution in [0.25, 0.3) is 0 Å². The molecule has 0 fully saturated rings. The Morgan fingerprint density at radius 1 is 1.33 bits per heavy atom. The number of hydrogen-bond donors (Lipinski definition) is 1. The summed E-state index contributed by atoms with van der Waals surface area (Å²) in [6.45, 7) is 6.53. The molecule has 0 saturated carbocycles. The Kier molecular flexibility index (Phi) is 5.98. The average Bonchev–Trinajstić information content (AvgIpc) is 2.76. The predicted octanol–water partition coefficient (Wildman–Crippen LogP) is 2.01. The van der Waals surface area contributed by atoms with Gasteiger partial charge in [-0.2, -0.15) is 0 Å². The largest absolute Gasteiger partial charge is 0.396 e. The molecule has 0 aromatic carbocycles. The molecule has 1 unspecified atom stereocenters. The Morgan fingerprint density at radius 2 is 2.06 bits per heavy atom. The second-order valence-corrected chi connectivity index (χ2v) is 5.13. The number of aliphatic hydroxyl groups is 1. The molecule has 1 aromatic rings. The van der Waals surface area contributed by atoms with E-state index in [0.29, 0.717) is 11.6 Å². The summed E-state index contributed by atoms with van der Waals surface area (Å²) in [5.74, 6) is 0.584. The molecule has 0 aliphatic rings. The van der Waals surface area contributed by atoms with Crippen molar-refractivity contribution in [3.05, 3.63) is 11.4 Å². The first-order chi connectivity index (χ1) is 8.60. The fraction of sp³-hybridized carbons (Fsp3) is 0.769. The van der Waals surface area contributed by atoms with E-state index in [0.717, 1.165) is 37.7 Å². The summed E-state index contributed by atoms with van der Waals surface area (Å²) in [6.07, 6.45) is 4.19. The van der Waals surface area contributed by atoms with Crippen molar-refractivity contribution < 1.29 is 9.90 Å². The molecule has 1 N–H and O–H groups in total. The predicted molar refractivity (Wildman–Crippen MR) is 69.6 cm³/mol. The summed E-state index contributed by atoms with van der Waals surface area (Å²) in [7, 11) is 0. The van der Waals surface area contributed by atoms with Gasteiger partial charge in [-0.15, -0.1) is 5.10 Å². The maximum atomic E-state index is 11.0. The van der Waals surface area contributed by atoms with Crippen molar-refractivity contribution in [2.75, 3.05) is 6.61 Å². The lowest BCUT2D eigenvalue weighted by atomic mass is 10.0. The monoisotopic (exact) mass is 253 g/mol. The molecule has 0 saturated heterocycles. The lowest BCUT2D eigenvalue weighted by molar-refractivity contribution is 0.111. The second kappa shape index (κ2) is 7.26. The first-order valence-corrected chi connectivity index (χ1v) is 6.60. The van der Waals surface area contributed by atoms with E-state index < -0.39 is 0 Å². The highest BCUT2D eigenvalue weighted by Gasteiger charge is 2.16. The third kappa shape index (κ3) is 3.91. The van der Waals surface area contributed by atoms with Gasteiger partial charge >= 0.3 is 0 Å². The van der Waals surface area contributed by atoms with Crippen molar-refractivity contribution in [2.24, 2.45) is 5.92 Å². The van der Waals surface area contributed by atoms with Crippen molar-refractivity contribution in [2.45, 2.75) is 52.5 Å². The lowest BCUT2D eigenvalue weighted by Crippen LogP contribution is -2.13. The van der Waals surface area contributed by atoms with Crippen molar-refractivity contribution >= 4 is 6.29 Å². The summed E-state index contributed by atoms with van der Waals surface area (Å²) in [4.78, 5) is 11.0. The third-order valence-corrected chi connectivity index (χ3v) is 3.09. The summed E-state index contributed by atoms with van der Waals surface area (Å²) < 4.78 is 1.84. The van der Waals surface area contributed by atoms with E-state index in [1.165, 1.54) is 0 Å². The molecule has 1 atom stereocenters. The Morgan fingerprint density at radius 3 is 2.61 bits per heavy atom. The zero-order valence-electron chi connectivity index (χ0n) is 11.5. The van der Waals surface area contributed by atoms with Gasteiger partial charge in [0.15, 0.2) is 6.29 Å². The summed E-state index contributed by atoms with van der Waals surface area (Å²) in [5.41, 5.74) is 1.37. The van der Waals surface area contributed by atoms with Crippen molar-refractivity contribution in [1.29, 1.82) is 0 Å². The average molecular weight is 253 g/mol. The second-order valence-electron chi connectivity index (χ2n) is 5.13. The standard InChI is InChI=1S/C13H23N3O2/c1-10(2)6-7-13-12(9-18)14-15-16(13)11(3)5-4-8-17/h9-11,17H,4-8H2,1-3H3. The van der Waals surface area contributed by atoms with Gasteiger partial charge in [-0.3, -0.25) is 4.79 Å². The van der Waals surface area contributed by atoms with Crippen LogP contribution in [-0.4, -0.2) is 33.0 Å². The molecule has 1 heterocycles. The van der Waals surface area contributed by atoms with Crippen molar-refractivity contribution in [1.82, 2.24) is 15.0 Å². The van der Waals surface area contributed by atoms with Crippen LogP contribution in [-0.2, 0) is 6.42 Å². The van der Waals surface area contributed by atoms with Crippen LogP contribution in [0.4, 0.5) is 0 Å². The number of hydrogen-bond acceptors (Lipinski definition) is 4. The molecular formula is C13H23N3O2. The van der Waals surface area contributed by atoms with Gasteiger partial charge in [0.05, 0.1) is 11.7 Å². The molecule has 0 aliphatic heterocycles. The topological polar surface area (TPSA) is 68.0 Å². The van der Waals surface area contributed by atoms with Crippen LogP contribution >= 0.6 is 0 Å². The molecular weight excluding hydrogens is 230 g/mol. The van der Waals surface area contributed by atoms with E-state index in [1.54, 1.807) is 0 Å². The van der Waals surface area contributed by atoms with Crippen LogP contribution in [0.2, 0.25) is 0 Å². The van der Waals surface area contributed by atoms with E-state index >= 15 is 0 Å². The number of aldehydes is 1. The Bertz CT molecular complexity index is 374. The van der Waals surface area contributed by atoms with Gasteiger partial charge in [-0.25, -0.2) is 4.68 Å².